The number of methoxy groups -OCH3 is 2. The number of fused-ring (bicyclic) bond motifs is 1. The summed E-state index contributed by atoms with van der Waals surface area (Å²) >= 11 is 3.34. The van der Waals surface area contributed by atoms with Crippen LogP contribution in [0.1, 0.15) is 15.9 Å². The molecule has 1 aliphatic rings. The molecule has 0 aromatic heterocycles. The first kappa shape index (κ1) is 10.2. The van der Waals surface area contributed by atoms with Gasteiger partial charge >= 0.3 is 0 Å². The molecule has 1 aromatic rings. The Morgan fingerprint density at radius 2 is 1.93 bits per heavy atom. The van der Waals surface area contributed by atoms with E-state index >= 15 is 0 Å². The van der Waals surface area contributed by atoms with Crippen molar-refractivity contribution in [2.75, 3.05) is 14.2 Å². The molecule has 0 fully saturated rings. The molecular weight excluding hydrogens is 260 g/mol. The van der Waals surface area contributed by atoms with Crippen LogP contribution in [0.3, 0.4) is 0 Å². The van der Waals surface area contributed by atoms with Crippen LogP contribution >= 0.6 is 15.9 Å². The van der Waals surface area contributed by atoms with Gasteiger partial charge in [-0.2, -0.15) is 0 Å². The second-order valence-corrected chi connectivity index (χ2v) is 3.93. The lowest BCUT2D eigenvalue weighted by Gasteiger charge is -2.11. The largest absolute Gasteiger partial charge is 0.493 e. The van der Waals surface area contributed by atoms with Crippen molar-refractivity contribution in [1.82, 2.24) is 0 Å². The van der Waals surface area contributed by atoms with Crippen molar-refractivity contribution in [3.05, 3.63) is 29.3 Å². The number of ether oxygens (including phenoxy) is 2. The smallest absolute Gasteiger partial charge is 0.187 e. The van der Waals surface area contributed by atoms with Crippen molar-refractivity contribution >= 4 is 26.2 Å². The average Bonchev–Trinajstić information content (AvgIpc) is 2.53. The van der Waals surface area contributed by atoms with Gasteiger partial charge in [-0.3, -0.25) is 4.79 Å². The summed E-state index contributed by atoms with van der Waals surface area (Å²) in [5.41, 5.74) is 1.40. The first-order valence-corrected chi connectivity index (χ1v) is 5.15. The number of allylic oxidation sites excluding steroid dienone is 1. The van der Waals surface area contributed by atoms with Gasteiger partial charge in [-0.25, -0.2) is 0 Å². The first-order chi connectivity index (χ1) is 7.19. The van der Waals surface area contributed by atoms with Gasteiger partial charge in [0.1, 0.15) is 0 Å². The Bertz CT molecular complexity index is 463. The van der Waals surface area contributed by atoms with E-state index in [1.54, 1.807) is 26.4 Å². The van der Waals surface area contributed by atoms with Gasteiger partial charge in [0, 0.05) is 21.7 Å². The second-order valence-electron chi connectivity index (χ2n) is 3.08. The zero-order valence-electron chi connectivity index (χ0n) is 8.33. The van der Waals surface area contributed by atoms with Crippen molar-refractivity contribution in [3.63, 3.8) is 0 Å². The predicted molar refractivity (Wildman–Crippen MR) is 60.8 cm³/mol. The number of halogens is 1. The summed E-state index contributed by atoms with van der Waals surface area (Å²) in [6.07, 6.45) is 1.53. The third-order valence-corrected chi connectivity index (χ3v) is 2.93. The molecule has 1 aliphatic carbocycles. The van der Waals surface area contributed by atoms with E-state index in [-0.39, 0.29) is 5.78 Å². The van der Waals surface area contributed by atoms with E-state index in [1.807, 2.05) is 0 Å². The van der Waals surface area contributed by atoms with Crippen LogP contribution in [0, 0.1) is 0 Å². The van der Waals surface area contributed by atoms with Gasteiger partial charge in [0.25, 0.3) is 0 Å². The molecule has 0 atom stereocenters. The van der Waals surface area contributed by atoms with Crippen molar-refractivity contribution in [2.24, 2.45) is 0 Å². The van der Waals surface area contributed by atoms with E-state index in [9.17, 15) is 4.79 Å². The Morgan fingerprint density at radius 3 is 2.53 bits per heavy atom. The van der Waals surface area contributed by atoms with Crippen LogP contribution in [-0.4, -0.2) is 20.0 Å². The molecule has 15 heavy (non-hydrogen) atoms. The summed E-state index contributed by atoms with van der Waals surface area (Å²) < 4.78 is 11.1. The highest BCUT2D eigenvalue weighted by molar-refractivity contribution is 9.15. The standard InChI is InChI=1S/C11H9BrO3/c1-14-9-4-3-6-8(13)5-7(12)10(6)11(9)15-2/h3-5H,1-2H3. The molecule has 0 aliphatic heterocycles. The lowest BCUT2D eigenvalue weighted by atomic mass is 10.1. The third-order valence-electron chi connectivity index (χ3n) is 2.31. The van der Waals surface area contributed by atoms with Crippen LogP contribution in [0.2, 0.25) is 0 Å². The van der Waals surface area contributed by atoms with E-state index in [0.717, 1.165) is 10.0 Å². The molecule has 0 amide bonds. The number of rotatable bonds is 2. The van der Waals surface area contributed by atoms with Crippen LogP contribution < -0.4 is 9.47 Å². The summed E-state index contributed by atoms with van der Waals surface area (Å²) in [7, 11) is 3.12. The minimum absolute atomic E-state index is 0.0159. The first-order valence-electron chi connectivity index (χ1n) is 4.36. The molecule has 0 bridgehead atoms. The maximum absolute atomic E-state index is 11.5. The van der Waals surface area contributed by atoms with Gasteiger partial charge < -0.3 is 9.47 Å². The molecule has 3 nitrogen and oxygen atoms in total. The van der Waals surface area contributed by atoms with Gasteiger partial charge in [-0.05, 0) is 28.1 Å². The lowest BCUT2D eigenvalue weighted by Crippen LogP contribution is -1.97. The number of carbonyl (C=O) groups is 1. The van der Waals surface area contributed by atoms with Gasteiger partial charge in [0.2, 0.25) is 0 Å². The van der Waals surface area contributed by atoms with Crippen molar-refractivity contribution in [3.8, 4) is 11.5 Å². The SMILES string of the molecule is COc1ccc2c(c1OC)C(Br)=CC2=O. The Kier molecular flexibility index (Phi) is 2.52. The average molecular weight is 269 g/mol. The topological polar surface area (TPSA) is 35.5 Å². The molecule has 2 rings (SSSR count). The summed E-state index contributed by atoms with van der Waals surface area (Å²) in [6, 6.07) is 3.47. The Morgan fingerprint density at radius 1 is 1.20 bits per heavy atom. The highest BCUT2D eigenvalue weighted by atomic mass is 79.9. The summed E-state index contributed by atoms with van der Waals surface area (Å²) in [5, 5.41) is 0. The van der Waals surface area contributed by atoms with E-state index in [1.165, 1.54) is 6.08 Å². The zero-order chi connectivity index (χ0) is 11.0. The molecule has 0 unspecified atom stereocenters. The van der Waals surface area contributed by atoms with E-state index < -0.39 is 0 Å². The summed E-state index contributed by atoms with van der Waals surface area (Å²) in [4.78, 5) is 11.5. The van der Waals surface area contributed by atoms with Crippen LogP contribution in [0.25, 0.3) is 4.48 Å². The molecule has 78 valence electrons. The van der Waals surface area contributed by atoms with Gasteiger partial charge in [-0.15, -0.1) is 0 Å². The van der Waals surface area contributed by atoms with Crippen LogP contribution in [-0.2, 0) is 0 Å². The molecule has 0 heterocycles. The predicted octanol–water partition coefficient (Wildman–Crippen LogP) is 2.64. The van der Waals surface area contributed by atoms with Crippen molar-refractivity contribution in [2.45, 2.75) is 0 Å². The van der Waals surface area contributed by atoms with Gasteiger partial charge in [0.15, 0.2) is 17.3 Å². The molecule has 4 heteroatoms. The van der Waals surface area contributed by atoms with Crippen molar-refractivity contribution < 1.29 is 14.3 Å². The molecular formula is C11H9BrO3. The van der Waals surface area contributed by atoms with Crippen molar-refractivity contribution in [1.29, 1.82) is 0 Å². The quantitative estimate of drug-likeness (QED) is 0.827. The minimum Gasteiger partial charge on any atom is -0.493 e. The molecule has 0 N–H and O–H groups in total. The second kappa shape index (κ2) is 3.70. The van der Waals surface area contributed by atoms with E-state index in [2.05, 4.69) is 15.9 Å². The number of benzene rings is 1. The number of carbonyl (C=O) groups excluding carboxylic acids is 1. The maximum atomic E-state index is 11.5. The maximum Gasteiger partial charge on any atom is 0.187 e. The third kappa shape index (κ3) is 1.45. The Labute approximate surface area is 95.8 Å². The number of ketones is 1. The Balaban J connectivity index is 2.71. The lowest BCUT2D eigenvalue weighted by molar-refractivity contribution is 0.105. The molecule has 0 spiro atoms. The van der Waals surface area contributed by atoms with E-state index in [0.29, 0.717) is 17.1 Å². The number of hydrogen-bond donors (Lipinski definition) is 0. The van der Waals surface area contributed by atoms with Crippen LogP contribution in [0.4, 0.5) is 0 Å². The fourth-order valence-electron chi connectivity index (χ4n) is 1.63. The van der Waals surface area contributed by atoms with Gasteiger partial charge in [0.05, 0.1) is 14.2 Å². The minimum atomic E-state index is -0.0159. The fraction of sp³-hybridized carbons (Fsp3) is 0.182. The molecule has 0 radical (unpaired) electrons. The van der Waals surface area contributed by atoms with E-state index in [4.69, 9.17) is 9.47 Å². The van der Waals surface area contributed by atoms with Crippen LogP contribution in [0.5, 0.6) is 11.5 Å². The molecule has 0 saturated carbocycles. The highest BCUT2D eigenvalue weighted by Crippen LogP contribution is 2.43. The van der Waals surface area contributed by atoms with Crippen LogP contribution in [0.15, 0.2) is 18.2 Å². The molecule has 1 aromatic carbocycles. The Hall–Kier alpha value is -1.29. The summed E-state index contributed by atoms with van der Waals surface area (Å²) in [6.45, 7) is 0. The summed E-state index contributed by atoms with van der Waals surface area (Å²) in [5.74, 6) is 1.19. The number of hydrogen-bond acceptors (Lipinski definition) is 3. The van der Waals surface area contributed by atoms with Gasteiger partial charge in [-0.1, -0.05) is 0 Å². The highest BCUT2D eigenvalue weighted by Gasteiger charge is 2.25. The monoisotopic (exact) mass is 268 g/mol. The molecule has 0 saturated heterocycles. The fourth-order valence-corrected chi connectivity index (χ4v) is 2.24. The zero-order valence-corrected chi connectivity index (χ0v) is 9.92. The normalized spacial score (nSPS) is 13.5.